The highest BCUT2D eigenvalue weighted by Gasteiger charge is 2.17. The van der Waals surface area contributed by atoms with E-state index in [1.807, 2.05) is 0 Å². The summed E-state index contributed by atoms with van der Waals surface area (Å²) in [6.45, 7) is 0. The number of halogens is 1. The van der Waals surface area contributed by atoms with Crippen molar-refractivity contribution in [2.24, 2.45) is 0 Å². The molecule has 0 spiro atoms. The van der Waals surface area contributed by atoms with Gasteiger partial charge in [-0.3, -0.25) is 4.72 Å². The zero-order valence-corrected chi connectivity index (χ0v) is 18.3. The van der Waals surface area contributed by atoms with Gasteiger partial charge in [0.15, 0.2) is 5.11 Å². The van der Waals surface area contributed by atoms with Crippen molar-refractivity contribution >= 4 is 44.4 Å². The molecule has 3 aromatic carbocycles. The Labute approximate surface area is 185 Å². The van der Waals surface area contributed by atoms with Crippen LogP contribution in [0, 0.1) is 5.82 Å². The Bertz CT molecular complexity index is 1170. The molecule has 0 saturated carbocycles. The van der Waals surface area contributed by atoms with E-state index in [1.54, 1.807) is 42.5 Å². The minimum Gasteiger partial charge on any atom is -0.497 e. The van der Waals surface area contributed by atoms with E-state index in [1.165, 1.54) is 38.5 Å². The Morgan fingerprint density at radius 3 is 2.13 bits per heavy atom. The van der Waals surface area contributed by atoms with E-state index in [4.69, 9.17) is 21.7 Å². The summed E-state index contributed by atoms with van der Waals surface area (Å²) in [5.74, 6) is 0.539. The monoisotopic (exact) mass is 461 g/mol. The summed E-state index contributed by atoms with van der Waals surface area (Å²) < 4.78 is 51.4. The van der Waals surface area contributed by atoms with Gasteiger partial charge >= 0.3 is 0 Å². The molecule has 0 heterocycles. The van der Waals surface area contributed by atoms with Crippen molar-refractivity contribution in [2.45, 2.75) is 4.90 Å². The Kier molecular flexibility index (Phi) is 6.93. The predicted molar refractivity (Wildman–Crippen MR) is 123 cm³/mol. The van der Waals surface area contributed by atoms with Crippen LogP contribution in [0.4, 0.5) is 21.5 Å². The molecule has 0 radical (unpaired) electrons. The smallest absolute Gasteiger partial charge is 0.262 e. The van der Waals surface area contributed by atoms with Gasteiger partial charge in [0, 0.05) is 17.4 Å². The normalized spacial score (nSPS) is 10.8. The van der Waals surface area contributed by atoms with Crippen LogP contribution < -0.4 is 24.8 Å². The molecule has 31 heavy (non-hydrogen) atoms. The average Bonchev–Trinajstić information content (AvgIpc) is 2.75. The number of methoxy groups -OCH3 is 2. The highest BCUT2D eigenvalue weighted by molar-refractivity contribution is 7.92. The minimum absolute atomic E-state index is 0.0168. The molecular formula is C21H20FN3O4S2. The molecule has 10 heteroatoms. The van der Waals surface area contributed by atoms with Crippen molar-refractivity contribution in [2.75, 3.05) is 29.6 Å². The average molecular weight is 462 g/mol. The van der Waals surface area contributed by atoms with E-state index >= 15 is 0 Å². The third-order valence-electron chi connectivity index (χ3n) is 4.18. The Balaban J connectivity index is 1.74. The molecule has 3 aromatic rings. The van der Waals surface area contributed by atoms with Crippen LogP contribution in [0.2, 0.25) is 0 Å². The number of thiocarbonyl (C=S) groups is 1. The van der Waals surface area contributed by atoms with Crippen LogP contribution in [0.15, 0.2) is 71.6 Å². The van der Waals surface area contributed by atoms with Crippen molar-refractivity contribution in [3.63, 3.8) is 0 Å². The molecule has 0 aliphatic rings. The third-order valence-corrected chi connectivity index (χ3v) is 5.76. The maximum absolute atomic E-state index is 13.0. The van der Waals surface area contributed by atoms with E-state index in [0.717, 1.165) is 0 Å². The van der Waals surface area contributed by atoms with Crippen molar-refractivity contribution in [3.8, 4) is 11.5 Å². The van der Waals surface area contributed by atoms with Crippen molar-refractivity contribution in [1.29, 1.82) is 0 Å². The first-order valence-corrected chi connectivity index (χ1v) is 10.9. The van der Waals surface area contributed by atoms with Gasteiger partial charge in [0.05, 0.1) is 24.8 Å². The second-order valence-corrected chi connectivity index (χ2v) is 8.37. The standard InChI is InChI=1S/C21H20FN3O4S2/c1-28-17-9-7-16(8-10-17)25-31(26,27)18-11-12-19(20(13-18)29-2)24-21(30)23-15-5-3-14(22)4-6-15/h3-13,25H,1-2H3,(H2,23,24,30). The lowest BCUT2D eigenvalue weighted by atomic mass is 10.3. The van der Waals surface area contributed by atoms with Gasteiger partial charge < -0.3 is 20.1 Å². The van der Waals surface area contributed by atoms with Gasteiger partial charge in [-0.15, -0.1) is 0 Å². The highest BCUT2D eigenvalue weighted by Crippen LogP contribution is 2.29. The molecule has 162 valence electrons. The number of hydrogen-bond donors (Lipinski definition) is 3. The molecule has 3 rings (SSSR count). The van der Waals surface area contributed by atoms with Gasteiger partial charge in [-0.1, -0.05) is 0 Å². The number of rotatable bonds is 7. The lowest BCUT2D eigenvalue weighted by Gasteiger charge is -2.15. The number of sulfonamides is 1. The van der Waals surface area contributed by atoms with Crippen LogP contribution in [-0.4, -0.2) is 27.7 Å². The molecule has 0 saturated heterocycles. The largest absolute Gasteiger partial charge is 0.497 e. The summed E-state index contributed by atoms with van der Waals surface area (Å²) in [6, 6.07) is 16.6. The van der Waals surface area contributed by atoms with E-state index in [-0.39, 0.29) is 21.6 Å². The van der Waals surface area contributed by atoms with Gasteiger partial charge in [-0.25, -0.2) is 12.8 Å². The van der Waals surface area contributed by atoms with E-state index in [9.17, 15) is 12.8 Å². The summed E-state index contributed by atoms with van der Waals surface area (Å²) in [7, 11) is -0.895. The highest BCUT2D eigenvalue weighted by atomic mass is 32.2. The fourth-order valence-electron chi connectivity index (χ4n) is 2.63. The maximum atomic E-state index is 13.0. The molecule has 0 aromatic heterocycles. The van der Waals surface area contributed by atoms with Gasteiger partial charge in [0.2, 0.25) is 0 Å². The zero-order valence-electron chi connectivity index (χ0n) is 16.7. The summed E-state index contributed by atoms with van der Waals surface area (Å²) >= 11 is 5.26. The number of anilines is 3. The van der Waals surface area contributed by atoms with Crippen LogP contribution in [-0.2, 0) is 10.0 Å². The van der Waals surface area contributed by atoms with Gasteiger partial charge in [0.1, 0.15) is 17.3 Å². The van der Waals surface area contributed by atoms with Gasteiger partial charge in [-0.2, -0.15) is 0 Å². The third kappa shape index (κ3) is 5.83. The molecule has 0 unspecified atom stereocenters. The molecule has 0 fully saturated rings. The number of benzene rings is 3. The molecule has 0 aliphatic heterocycles. The lowest BCUT2D eigenvalue weighted by Crippen LogP contribution is -2.20. The van der Waals surface area contributed by atoms with Crippen LogP contribution >= 0.6 is 12.2 Å². The van der Waals surface area contributed by atoms with E-state index in [0.29, 0.717) is 22.8 Å². The summed E-state index contributed by atoms with van der Waals surface area (Å²) in [5, 5.41) is 6.08. The molecule has 0 aliphatic carbocycles. The summed E-state index contributed by atoms with van der Waals surface area (Å²) in [5.41, 5.74) is 1.46. The van der Waals surface area contributed by atoms with Gasteiger partial charge in [-0.05, 0) is 72.9 Å². The molecular weight excluding hydrogens is 441 g/mol. The van der Waals surface area contributed by atoms with E-state index in [2.05, 4.69) is 15.4 Å². The fraction of sp³-hybridized carbons (Fsp3) is 0.0952. The summed E-state index contributed by atoms with van der Waals surface area (Å²) in [6.07, 6.45) is 0. The van der Waals surface area contributed by atoms with Crippen molar-refractivity contribution < 1.29 is 22.3 Å². The Hall–Kier alpha value is -3.37. The summed E-state index contributed by atoms with van der Waals surface area (Å²) in [4.78, 5) is 0.0168. The first kappa shape index (κ1) is 22.3. The maximum Gasteiger partial charge on any atom is 0.262 e. The van der Waals surface area contributed by atoms with Crippen LogP contribution in [0.5, 0.6) is 11.5 Å². The number of nitrogens with one attached hydrogen (secondary N) is 3. The van der Waals surface area contributed by atoms with E-state index < -0.39 is 10.0 Å². The van der Waals surface area contributed by atoms with Crippen molar-refractivity contribution in [1.82, 2.24) is 0 Å². The quantitative estimate of drug-likeness (QED) is 0.448. The second-order valence-electron chi connectivity index (χ2n) is 6.28. The zero-order chi connectivity index (χ0) is 22.4. The van der Waals surface area contributed by atoms with Crippen LogP contribution in [0.3, 0.4) is 0 Å². The number of hydrogen-bond acceptors (Lipinski definition) is 5. The molecule has 0 atom stereocenters. The topological polar surface area (TPSA) is 88.7 Å². The van der Waals surface area contributed by atoms with Crippen LogP contribution in [0.25, 0.3) is 0 Å². The van der Waals surface area contributed by atoms with Crippen molar-refractivity contribution in [3.05, 3.63) is 72.5 Å². The lowest BCUT2D eigenvalue weighted by molar-refractivity contribution is 0.415. The Morgan fingerprint density at radius 1 is 0.871 bits per heavy atom. The first-order valence-electron chi connectivity index (χ1n) is 8.99. The predicted octanol–water partition coefficient (Wildman–Crippen LogP) is 4.45. The first-order chi connectivity index (χ1) is 14.8. The van der Waals surface area contributed by atoms with Crippen LogP contribution in [0.1, 0.15) is 0 Å². The molecule has 7 nitrogen and oxygen atoms in total. The fourth-order valence-corrected chi connectivity index (χ4v) is 3.93. The SMILES string of the molecule is COc1ccc(NS(=O)(=O)c2ccc(NC(=S)Nc3ccc(F)cc3)c(OC)c2)cc1. The molecule has 0 amide bonds. The minimum atomic E-state index is -3.85. The number of ether oxygens (including phenoxy) is 2. The second kappa shape index (κ2) is 9.63. The van der Waals surface area contributed by atoms with Gasteiger partial charge in [0.25, 0.3) is 10.0 Å². The Morgan fingerprint density at radius 2 is 1.52 bits per heavy atom. The molecule has 0 bridgehead atoms. The molecule has 3 N–H and O–H groups in total.